The number of aliphatic hydroxyl groups excluding tert-OH is 1. The Morgan fingerprint density at radius 1 is 0.880 bits per heavy atom. The van der Waals surface area contributed by atoms with Crippen molar-refractivity contribution < 1.29 is 5.11 Å². The van der Waals surface area contributed by atoms with Crippen molar-refractivity contribution in [2.24, 2.45) is 0 Å². The van der Waals surface area contributed by atoms with Crippen LogP contribution in [0, 0.1) is 13.8 Å². The first-order chi connectivity index (χ1) is 12.1. The molecule has 3 nitrogen and oxygen atoms in total. The number of pyridine rings is 1. The van der Waals surface area contributed by atoms with Gasteiger partial charge in [-0.05, 0) is 48.2 Å². The molecule has 2 aromatic carbocycles. The average Bonchev–Trinajstić information content (AvgIpc) is 3.08. The molecule has 0 saturated carbocycles. The molecule has 0 saturated heterocycles. The summed E-state index contributed by atoms with van der Waals surface area (Å²) >= 11 is 0. The minimum absolute atomic E-state index is 0.616. The van der Waals surface area contributed by atoms with E-state index in [0.29, 0.717) is 0 Å². The zero-order chi connectivity index (χ0) is 17.4. The summed E-state index contributed by atoms with van der Waals surface area (Å²) in [5, 5.41) is 10.7. The van der Waals surface area contributed by atoms with Gasteiger partial charge in [0.15, 0.2) is 0 Å². The van der Waals surface area contributed by atoms with E-state index in [-0.39, 0.29) is 0 Å². The third-order valence-corrected chi connectivity index (χ3v) is 4.73. The van der Waals surface area contributed by atoms with Gasteiger partial charge in [0, 0.05) is 18.0 Å². The number of aryl methyl sites for hydroxylation is 2. The third-order valence-electron chi connectivity index (χ3n) is 4.73. The first-order valence-corrected chi connectivity index (χ1v) is 8.41. The molecule has 1 atom stereocenters. The van der Waals surface area contributed by atoms with E-state index < -0.39 is 6.10 Å². The van der Waals surface area contributed by atoms with Gasteiger partial charge < -0.3 is 9.51 Å². The summed E-state index contributed by atoms with van der Waals surface area (Å²) in [4.78, 5) is 4.64. The van der Waals surface area contributed by atoms with Gasteiger partial charge in [-0.2, -0.15) is 0 Å². The van der Waals surface area contributed by atoms with Crippen molar-refractivity contribution in [2.45, 2.75) is 20.0 Å². The summed E-state index contributed by atoms with van der Waals surface area (Å²) in [5.41, 5.74) is 7.13. The normalized spacial score (nSPS) is 12.4. The molecule has 0 aliphatic carbocycles. The molecular formula is C22H20N2O. The van der Waals surface area contributed by atoms with Crippen molar-refractivity contribution in [1.29, 1.82) is 0 Å². The Labute approximate surface area is 147 Å². The van der Waals surface area contributed by atoms with E-state index >= 15 is 0 Å². The molecule has 1 unspecified atom stereocenters. The summed E-state index contributed by atoms with van der Waals surface area (Å²) in [6, 6.07) is 20.0. The van der Waals surface area contributed by atoms with Crippen LogP contribution in [0.15, 0.2) is 73.1 Å². The van der Waals surface area contributed by atoms with Crippen LogP contribution in [0.5, 0.6) is 0 Å². The van der Waals surface area contributed by atoms with Gasteiger partial charge in [0.2, 0.25) is 0 Å². The second-order valence-corrected chi connectivity index (χ2v) is 6.46. The SMILES string of the molecule is Cc1ccc(C(O)c2ccc(-c3cn4ccccc4n3)cc2)cc1C. The highest BCUT2D eigenvalue weighted by Gasteiger charge is 2.12. The Kier molecular flexibility index (Phi) is 3.86. The fraction of sp³-hybridized carbons (Fsp3) is 0.136. The minimum Gasteiger partial charge on any atom is -0.384 e. The van der Waals surface area contributed by atoms with Gasteiger partial charge >= 0.3 is 0 Å². The van der Waals surface area contributed by atoms with E-state index in [4.69, 9.17) is 0 Å². The molecule has 0 radical (unpaired) electrons. The van der Waals surface area contributed by atoms with Crippen molar-refractivity contribution in [2.75, 3.05) is 0 Å². The van der Waals surface area contributed by atoms with Gasteiger partial charge in [0.05, 0.1) is 5.69 Å². The monoisotopic (exact) mass is 328 g/mol. The van der Waals surface area contributed by atoms with Gasteiger partial charge in [-0.15, -0.1) is 0 Å². The van der Waals surface area contributed by atoms with Crippen molar-refractivity contribution in [3.05, 3.63) is 95.3 Å². The first-order valence-electron chi connectivity index (χ1n) is 8.41. The van der Waals surface area contributed by atoms with Crippen LogP contribution in [0.25, 0.3) is 16.9 Å². The largest absolute Gasteiger partial charge is 0.384 e. The first kappa shape index (κ1) is 15.6. The Balaban J connectivity index is 1.63. The Hall–Kier alpha value is -2.91. The van der Waals surface area contributed by atoms with Crippen LogP contribution in [-0.4, -0.2) is 14.5 Å². The van der Waals surface area contributed by atoms with Crippen molar-refractivity contribution in [3.8, 4) is 11.3 Å². The molecule has 0 bridgehead atoms. The number of rotatable bonds is 3. The molecule has 1 N–H and O–H groups in total. The van der Waals surface area contributed by atoms with E-state index in [1.54, 1.807) is 0 Å². The van der Waals surface area contributed by atoms with E-state index in [2.05, 4.69) is 31.0 Å². The lowest BCUT2D eigenvalue weighted by Crippen LogP contribution is -2.00. The lowest BCUT2D eigenvalue weighted by molar-refractivity contribution is 0.220. The lowest BCUT2D eigenvalue weighted by Gasteiger charge is -2.13. The second-order valence-electron chi connectivity index (χ2n) is 6.46. The molecule has 0 aliphatic heterocycles. The van der Waals surface area contributed by atoms with Gasteiger partial charge in [-0.25, -0.2) is 4.98 Å². The number of aromatic nitrogens is 2. The standard InChI is InChI=1S/C22H20N2O/c1-15-6-7-19(13-16(15)2)22(25)18-10-8-17(9-11-18)20-14-24-12-4-3-5-21(24)23-20/h3-14,22,25H,1-2H3. The number of aliphatic hydroxyl groups is 1. The summed E-state index contributed by atoms with van der Waals surface area (Å²) in [5.74, 6) is 0. The van der Waals surface area contributed by atoms with Crippen LogP contribution >= 0.6 is 0 Å². The fourth-order valence-corrected chi connectivity index (χ4v) is 3.04. The minimum atomic E-state index is -0.616. The van der Waals surface area contributed by atoms with E-state index in [0.717, 1.165) is 28.0 Å². The van der Waals surface area contributed by atoms with Crippen LogP contribution in [0.4, 0.5) is 0 Å². The van der Waals surface area contributed by atoms with Crippen molar-refractivity contribution >= 4 is 5.65 Å². The molecule has 25 heavy (non-hydrogen) atoms. The number of fused-ring (bicyclic) bond motifs is 1. The molecule has 4 rings (SSSR count). The topological polar surface area (TPSA) is 37.5 Å². The van der Waals surface area contributed by atoms with Gasteiger partial charge in [-0.3, -0.25) is 0 Å². The summed E-state index contributed by atoms with van der Waals surface area (Å²) in [6.45, 7) is 4.15. The highest BCUT2D eigenvalue weighted by molar-refractivity contribution is 5.63. The Morgan fingerprint density at radius 3 is 2.36 bits per heavy atom. The highest BCUT2D eigenvalue weighted by atomic mass is 16.3. The number of benzene rings is 2. The highest BCUT2D eigenvalue weighted by Crippen LogP contribution is 2.26. The summed E-state index contributed by atoms with van der Waals surface area (Å²) in [6.07, 6.45) is 3.39. The van der Waals surface area contributed by atoms with Crippen molar-refractivity contribution in [1.82, 2.24) is 9.38 Å². The number of nitrogens with zero attached hydrogens (tertiary/aromatic N) is 2. The molecule has 3 heteroatoms. The van der Waals surface area contributed by atoms with Gasteiger partial charge in [-0.1, -0.05) is 48.5 Å². The predicted molar refractivity (Wildman–Crippen MR) is 101 cm³/mol. The smallest absolute Gasteiger partial charge is 0.137 e. The molecular weight excluding hydrogens is 308 g/mol. The molecule has 0 spiro atoms. The van der Waals surface area contributed by atoms with E-state index in [1.165, 1.54) is 11.1 Å². The quantitative estimate of drug-likeness (QED) is 0.592. The number of hydrogen-bond donors (Lipinski definition) is 1. The van der Waals surface area contributed by atoms with Crippen LogP contribution in [0.1, 0.15) is 28.4 Å². The Bertz CT molecular complexity index is 999. The maximum atomic E-state index is 10.7. The third kappa shape index (κ3) is 2.94. The molecule has 4 aromatic rings. The maximum absolute atomic E-state index is 10.7. The lowest BCUT2D eigenvalue weighted by atomic mass is 9.97. The molecule has 124 valence electrons. The summed E-state index contributed by atoms with van der Waals surface area (Å²) in [7, 11) is 0. The van der Waals surface area contributed by atoms with Crippen LogP contribution in [0.2, 0.25) is 0 Å². The van der Waals surface area contributed by atoms with Crippen LogP contribution < -0.4 is 0 Å². The van der Waals surface area contributed by atoms with Crippen LogP contribution in [-0.2, 0) is 0 Å². The zero-order valence-electron chi connectivity index (χ0n) is 14.3. The maximum Gasteiger partial charge on any atom is 0.137 e. The molecule has 2 aromatic heterocycles. The average molecular weight is 328 g/mol. The second kappa shape index (κ2) is 6.19. The molecule has 0 fully saturated rings. The van der Waals surface area contributed by atoms with Gasteiger partial charge in [0.25, 0.3) is 0 Å². The predicted octanol–water partition coefficient (Wildman–Crippen LogP) is 4.70. The fourth-order valence-electron chi connectivity index (χ4n) is 3.04. The summed E-state index contributed by atoms with van der Waals surface area (Å²) < 4.78 is 2.01. The Morgan fingerprint density at radius 2 is 1.64 bits per heavy atom. The zero-order valence-corrected chi connectivity index (χ0v) is 14.3. The molecule has 0 aliphatic rings. The number of imidazole rings is 1. The molecule has 2 heterocycles. The van der Waals surface area contributed by atoms with Gasteiger partial charge in [0.1, 0.15) is 11.8 Å². The molecule has 0 amide bonds. The van der Waals surface area contributed by atoms with E-state index in [1.807, 2.05) is 65.3 Å². The van der Waals surface area contributed by atoms with E-state index in [9.17, 15) is 5.11 Å². The number of hydrogen-bond acceptors (Lipinski definition) is 2. The van der Waals surface area contributed by atoms with Crippen molar-refractivity contribution in [3.63, 3.8) is 0 Å². The van der Waals surface area contributed by atoms with Crippen LogP contribution in [0.3, 0.4) is 0 Å².